The fraction of sp³-hybridized carbons (Fsp3) is 0.600. The molecule has 5 nitrogen and oxygen atoms in total. The standard InChI is InChI=1S/C20H30O5/c1-5-15(4)16-10-12-17(13-11-16)25-14-8-9-18(19(21)23-6-2)20(22)24-7-3/h10-13,15,18H,5-9,14H2,1-4H3/t15-/m0/s1. The fourth-order valence-electron chi connectivity index (χ4n) is 2.42. The maximum Gasteiger partial charge on any atom is 0.320 e. The molecule has 25 heavy (non-hydrogen) atoms. The minimum Gasteiger partial charge on any atom is -0.494 e. The lowest BCUT2D eigenvalue weighted by atomic mass is 9.99. The van der Waals surface area contributed by atoms with Crippen molar-refractivity contribution >= 4 is 11.9 Å². The van der Waals surface area contributed by atoms with Crippen LogP contribution in [0.4, 0.5) is 0 Å². The van der Waals surface area contributed by atoms with E-state index in [1.165, 1.54) is 5.56 Å². The Labute approximate surface area is 150 Å². The first-order valence-electron chi connectivity index (χ1n) is 9.09. The third-order valence-electron chi connectivity index (χ3n) is 4.11. The van der Waals surface area contributed by atoms with Crippen LogP contribution < -0.4 is 4.74 Å². The van der Waals surface area contributed by atoms with Gasteiger partial charge in [0, 0.05) is 0 Å². The van der Waals surface area contributed by atoms with Gasteiger partial charge in [-0.1, -0.05) is 26.0 Å². The number of carbonyl (C=O) groups is 2. The smallest absolute Gasteiger partial charge is 0.320 e. The maximum absolute atomic E-state index is 11.9. The molecule has 1 aromatic rings. The minimum absolute atomic E-state index is 0.244. The molecule has 0 saturated heterocycles. The van der Waals surface area contributed by atoms with Gasteiger partial charge in [0.05, 0.1) is 19.8 Å². The molecule has 140 valence electrons. The molecular weight excluding hydrogens is 320 g/mol. The summed E-state index contributed by atoms with van der Waals surface area (Å²) >= 11 is 0. The molecule has 1 rings (SSSR count). The van der Waals surface area contributed by atoms with Crippen LogP contribution in [0.1, 0.15) is 58.4 Å². The van der Waals surface area contributed by atoms with Crippen LogP contribution in [0.5, 0.6) is 5.75 Å². The van der Waals surface area contributed by atoms with Crippen molar-refractivity contribution in [1.82, 2.24) is 0 Å². The van der Waals surface area contributed by atoms with Crippen LogP contribution in [0, 0.1) is 5.92 Å². The van der Waals surface area contributed by atoms with Crippen molar-refractivity contribution in [2.75, 3.05) is 19.8 Å². The number of benzene rings is 1. The van der Waals surface area contributed by atoms with E-state index in [1.54, 1.807) is 13.8 Å². The quantitative estimate of drug-likeness (QED) is 0.341. The van der Waals surface area contributed by atoms with Crippen molar-refractivity contribution < 1.29 is 23.8 Å². The Morgan fingerprint density at radius 2 is 1.52 bits per heavy atom. The Morgan fingerprint density at radius 1 is 0.960 bits per heavy atom. The van der Waals surface area contributed by atoms with Gasteiger partial charge in [0.2, 0.25) is 0 Å². The Balaban J connectivity index is 2.47. The van der Waals surface area contributed by atoms with Crippen LogP contribution in [0.25, 0.3) is 0 Å². The molecule has 0 unspecified atom stereocenters. The summed E-state index contributed by atoms with van der Waals surface area (Å²) in [6.07, 6.45) is 2.02. The molecule has 0 aliphatic heterocycles. The predicted molar refractivity (Wildman–Crippen MR) is 96.6 cm³/mol. The van der Waals surface area contributed by atoms with Crippen LogP contribution in [-0.2, 0) is 19.1 Å². The zero-order valence-corrected chi connectivity index (χ0v) is 15.7. The van der Waals surface area contributed by atoms with E-state index in [4.69, 9.17) is 14.2 Å². The van der Waals surface area contributed by atoms with Crippen LogP contribution >= 0.6 is 0 Å². The van der Waals surface area contributed by atoms with E-state index < -0.39 is 17.9 Å². The number of hydrogen-bond acceptors (Lipinski definition) is 5. The van der Waals surface area contributed by atoms with Gasteiger partial charge in [-0.15, -0.1) is 0 Å². The lowest BCUT2D eigenvalue weighted by Crippen LogP contribution is -2.28. The molecule has 0 fully saturated rings. The van der Waals surface area contributed by atoms with Gasteiger partial charge in [0.25, 0.3) is 0 Å². The van der Waals surface area contributed by atoms with Crippen molar-refractivity contribution in [3.63, 3.8) is 0 Å². The third-order valence-corrected chi connectivity index (χ3v) is 4.11. The van der Waals surface area contributed by atoms with Gasteiger partial charge >= 0.3 is 11.9 Å². The molecule has 0 bridgehead atoms. The van der Waals surface area contributed by atoms with Gasteiger partial charge in [-0.3, -0.25) is 9.59 Å². The van der Waals surface area contributed by atoms with Gasteiger partial charge in [0.15, 0.2) is 5.92 Å². The Kier molecular flexibility index (Phi) is 9.66. The molecule has 0 radical (unpaired) electrons. The number of carbonyl (C=O) groups excluding carboxylic acids is 2. The van der Waals surface area contributed by atoms with E-state index in [-0.39, 0.29) is 13.2 Å². The average Bonchev–Trinajstić information content (AvgIpc) is 2.61. The summed E-state index contributed by atoms with van der Waals surface area (Å²) in [5.41, 5.74) is 1.29. The Bertz CT molecular complexity index is 505. The highest BCUT2D eigenvalue weighted by Gasteiger charge is 2.28. The van der Waals surface area contributed by atoms with Crippen LogP contribution in [0.2, 0.25) is 0 Å². The molecule has 0 aliphatic rings. The second-order valence-corrected chi connectivity index (χ2v) is 5.93. The highest BCUT2D eigenvalue weighted by molar-refractivity contribution is 5.94. The molecule has 5 heteroatoms. The molecule has 0 saturated carbocycles. The summed E-state index contributed by atoms with van der Waals surface area (Å²) in [5, 5.41) is 0. The summed E-state index contributed by atoms with van der Waals surface area (Å²) in [4.78, 5) is 23.8. The molecule has 0 spiro atoms. The number of rotatable bonds is 11. The largest absolute Gasteiger partial charge is 0.494 e. The summed E-state index contributed by atoms with van der Waals surface area (Å²) in [6.45, 7) is 8.71. The second kappa shape index (κ2) is 11.5. The number of esters is 2. The minimum atomic E-state index is -0.878. The normalized spacial score (nSPS) is 11.9. The van der Waals surface area contributed by atoms with Gasteiger partial charge in [-0.2, -0.15) is 0 Å². The van der Waals surface area contributed by atoms with Gasteiger partial charge < -0.3 is 14.2 Å². The molecule has 0 N–H and O–H groups in total. The van der Waals surface area contributed by atoms with Crippen molar-refractivity contribution in [1.29, 1.82) is 0 Å². The van der Waals surface area contributed by atoms with Gasteiger partial charge in [-0.05, 0) is 56.7 Å². The predicted octanol–water partition coefficient (Wildman–Crippen LogP) is 4.10. The zero-order chi connectivity index (χ0) is 18.7. The van der Waals surface area contributed by atoms with Crippen molar-refractivity contribution in [3.8, 4) is 5.75 Å². The van der Waals surface area contributed by atoms with E-state index in [2.05, 4.69) is 26.0 Å². The van der Waals surface area contributed by atoms with E-state index in [1.807, 2.05) is 12.1 Å². The van der Waals surface area contributed by atoms with E-state index in [0.717, 1.165) is 12.2 Å². The summed E-state index contributed by atoms with van der Waals surface area (Å²) in [5.74, 6) is -0.617. The molecule has 0 heterocycles. The fourth-order valence-corrected chi connectivity index (χ4v) is 2.42. The first-order chi connectivity index (χ1) is 12.0. The molecular formula is C20H30O5. The SMILES string of the molecule is CCOC(=O)C(CCCOc1ccc([C@@H](C)CC)cc1)C(=O)OCC. The van der Waals surface area contributed by atoms with Crippen molar-refractivity contribution in [2.24, 2.45) is 5.92 Å². The molecule has 0 amide bonds. The summed E-state index contributed by atoms with van der Waals surface area (Å²) < 4.78 is 15.6. The molecule has 0 aromatic heterocycles. The van der Waals surface area contributed by atoms with Gasteiger partial charge in [0.1, 0.15) is 5.75 Å². The molecule has 0 aliphatic carbocycles. The Morgan fingerprint density at radius 3 is 2.00 bits per heavy atom. The zero-order valence-electron chi connectivity index (χ0n) is 15.7. The molecule has 1 atom stereocenters. The van der Waals surface area contributed by atoms with Crippen LogP contribution in [0.15, 0.2) is 24.3 Å². The second-order valence-electron chi connectivity index (χ2n) is 5.93. The first-order valence-corrected chi connectivity index (χ1v) is 9.09. The summed E-state index contributed by atoms with van der Waals surface area (Å²) in [7, 11) is 0. The van der Waals surface area contributed by atoms with E-state index in [0.29, 0.717) is 25.4 Å². The highest BCUT2D eigenvalue weighted by Crippen LogP contribution is 2.22. The first kappa shape index (κ1) is 21.0. The van der Waals surface area contributed by atoms with Gasteiger partial charge in [-0.25, -0.2) is 0 Å². The lowest BCUT2D eigenvalue weighted by Gasteiger charge is -2.14. The van der Waals surface area contributed by atoms with Crippen LogP contribution in [-0.4, -0.2) is 31.8 Å². The summed E-state index contributed by atoms with van der Waals surface area (Å²) in [6, 6.07) is 8.05. The average molecular weight is 350 g/mol. The van der Waals surface area contributed by atoms with Crippen LogP contribution in [0.3, 0.4) is 0 Å². The monoisotopic (exact) mass is 350 g/mol. The third kappa shape index (κ3) is 7.16. The van der Waals surface area contributed by atoms with E-state index in [9.17, 15) is 9.59 Å². The lowest BCUT2D eigenvalue weighted by molar-refractivity contribution is -0.162. The Hall–Kier alpha value is -2.04. The van der Waals surface area contributed by atoms with Crippen molar-refractivity contribution in [2.45, 2.75) is 52.9 Å². The topological polar surface area (TPSA) is 61.8 Å². The van der Waals surface area contributed by atoms with Crippen molar-refractivity contribution in [3.05, 3.63) is 29.8 Å². The number of hydrogen-bond donors (Lipinski definition) is 0. The maximum atomic E-state index is 11.9. The highest BCUT2D eigenvalue weighted by atomic mass is 16.6. The number of ether oxygens (including phenoxy) is 3. The van der Waals surface area contributed by atoms with E-state index >= 15 is 0 Å². The molecule has 1 aromatic carbocycles.